The Bertz CT molecular complexity index is 1390. The van der Waals surface area contributed by atoms with Crippen molar-refractivity contribution in [2.45, 2.75) is 65.0 Å². The molecule has 0 radical (unpaired) electrons. The van der Waals surface area contributed by atoms with Crippen molar-refractivity contribution in [2.24, 2.45) is 0 Å². The summed E-state index contributed by atoms with van der Waals surface area (Å²) in [6, 6.07) is 8.32. The summed E-state index contributed by atoms with van der Waals surface area (Å²) in [6.07, 6.45) is -3.54. The van der Waals surface area contributed by atoms with Crippen molar-refractivity contribution < 1.29 is 32.7 Å². The average Bonchev–Trinajstić information content (AvgIpc) is 3.17. The maximum absolute atomic E-state index is 13.1. The van der Waals surface area contributed by atoms with Crippen LogP contribution in [0.2, 0.25) is 0 Å². The van der Waals surface area contributed by atoms with E-state index in [1.54, 1.807) is 12.1 Å². The highest BCUT2D eigenvalue weighted by atomic mass is 19.4. The monoisotopic (exact) mass is 529 g/mol. The van der Waals surface area contributed by atoms with Gasteiger partial charge < -0.3 is 15.3 Å². The average molecular weight is 530 g/mol. The SMILES string of the molecule is CC(C)(C)c1cc(-c2cc(-c3cc4c(n3OC(=O)C(F)(F)F)CCNC4=O)ccn2)cc(C(C)(C)C)c1O. The number of aromatic hydroxyl groups is 1. The van der Waals surface area contributed by atoms with E-state index in [1.165, 1.54) is 12.3 Å². The van der Waals surface area contributed by atoms with Gasteiger partial charge in [0.15, 0.2) is 0 Å². The molecule has 1 aromatic carbocycles. The first-order valence-corrected chi connectivity index (χ1v) is 12.2. The molecule has 10 heteroatoms. The number of rotatable bonds is 3. The molecule has 3 aromatic rings. The maximum atomic E-state index is 13.1. The van der Waals surface area contributed by atoms with Crippen LogP contribution in [0.25, 0.3) is 22.5 Å². The summed E-state index contributed by atoms with van der Waals surface area (Å²) in [5.41, 5.74) is 2.69. The van der Waals surface area contributed by atoms with Gasteiger partial charge in [-0.05, 0) is 41.2 Å². The minimum absolute atomic E-state index is 0.110. The molecule has 2 aromatic heterocycles. The quantitative estimate of drug-likeness (QED) is 0.479. The second-order valence-electron chi connectivity index (χ2n) is 11.4. The van der Waals surface area contributed by atoms with Gasteiger partial charge in [0.2, 0.25) is 0 Å². The number of hydrogen-bond donors (Lipinski definition) is 2. The molecular formula is C28H30F3N3O4. The van der Waals surface area contributed by atoms with Crippen LogP contribution in [0.3, 0.4) is 0 Å². The van der Waals surface area contributed by atoms with Crippen LogP contribution in [0.15, 0.2) is 36.5 Å². The zero-order chi connectivity index (χ0) is 28.2. The van der Waals surface area contributed by atoms with Gasteiger partial charge in [-0.25, -0.2) is 4.79 Å². The van der Waals surface area contributed by atoms with Crippen molar-refractivity contribution in [3.63, 3.8) is 0 Å². The van der Waals surface area contributed by atoms with Crippen molar-refractivity contribution >= 4 is 11.9 Å². The highest BCUT2D eigenvalue weighted by Gasteiger charge is 2.43. The molecule has 0 fully saturated rings. The Labute approximate surface area is 218 Å². The fourth-order valence-corrected chi connectivity index (χ4v) is 4.47. The van der Waals surface area contributed by atoms with E-state index in [0.717, 1.165) is 15.9 Å². The van der Waals surface area contributed by atoms with Crippen LogP contribution in [0.4, 0.5) is 13.2 Å². The third-order valence-corrected chi connectivity index (χ3v) is 6.43. The first-order valence-electron chi connectivity index (χ1n) is 12.2. The Morgan fingerprint density at radius 2 is 1.61 bits per heavy atom. The molecular weight excluding hydrogens is 499 g/mol. The van der Waals surface area contributed by atoms with Gasteiger partial charge in [0.05, 0.1) is 22.6 Å². The Kier molecular flexibility index (Phi) is 6.58. The molecule has 38 heavy (non-hydrogen) atoms. The van der Waals surface area contributed by atoms with Gasteiger partial charge in [0, 0.05) is 41.4 Å². The van der Waals surface area contributed by atoms with Crippen molar-refractivity contribution in [3.8, 4) is 28.3 Å². The van der Waals surface area contributed by atoms with E-state index >= 15 is 0 Å². The summed E-state index contributed by atoms with van der Waals surface area (Å²) < 4.78 is 40.0. The van der Waals surface area contributed by atoms with E-state index in [0.29, 0.717) is 16.8 Å². The zero-order valence-corrected chi connectivity index (χ0v) is 22.1. The number of amides is 1. The Hall–Kier alpha value is -3.82. The molecule has 0 unspecified atom stereocenters. The van der Waals surface area contributed by atoms with Crippen molar-refractivity contribution in [3.05, 3.63) is 58.9 Å². The third-order valence-electron chi connectivity index (χ3n) is 6.43. The minimum atomic E-state index is -5.21. The molecule has 0 saturated heterocycles. The summed E-state index contributed by atoms with van der Waals surface area (Å²) in [7, 11) is 0. The topological polar surface area (TPSA) is 93.5 Å². The van der Waals surface area contributed by atoms with E-state index in [4.69, 9.17) is 4.84 Å². The molecule has 1 amide bonds. The number of phenols is 1. The molecule has 0 aliphatic carbocycles. The van der Waals surface area contributed by atoms with Crippen LogP contribution < -0.4 is 10.2 Å². The number of nitrogens with one attached hydrogen (secondary N) is 1. The predicted octanol–water partition coefficient (Wildman–Crippen LogP) is 5.32. The van der Waals surface area contributed by atoms with Gasteiger partial charge in [-0.2, -0.15) is 17.9 Å². The summed E-state index contributed by atoms with van der Waals surface area (Å²) in [4.78, 5) is 33.4. The molecule has 202 valence electrons. The molecule has 1 aliphatic rings. The zero-order valence-electron chi connectivity index (χ0n) is 22.1. The lowest BCUT2D eigenvalue weighted by Gasteiger charge is -2.28. The van der Waals surface area contributed by atoms with E-state index in [1.807, 2.05) is 53.7 Å². The normalized spacial score (nSPS) is 14.2. The van der Waals surface area contributed by atoms with Crippen LogP contribution in [0.5, 0.6) is 5.75 Å². The first-order chi connectivity index (χ1) is 17.5. The number of hydrogen-bond acceptors (Lipinski definition) is 5. The fourth-order valence-electron chi connectivity index (χ4n) is 4.47. The lowest BCUT2D eigenvalue weighted by Crippen LogP contribution is -2.37. The number of halogens is 3. The highest BCUT2D eigenvalue weighted by Crippen LogP contribution is 2.42. The Morgan fingerprint density at radius 3 is 2.16 bits per heavy atom. The number of carbonyl (C=O) groups excluding carboxylic acids is 2. The van der Waals surface area contributed by atoms with Crippen LogP contribution in [-0.2, 0) is 22.0 Å². The Morgan fingerprint density at radius 1 is 1.00 bits per heavy atom. The summed E-state index contributed by atoms with van der Waals surface area (Å²) in [5, 5.41) is 13.7. The Balaban J connectivity index is 1.90. The van der Waals surface area contributed by atoms with E-state index in [2.05, 4.69) is 10.3 Å². The highest BCUT2D eigenvalue weighted by molar-refractivity contribution is 5.98. The smallest absolute Gasteiger partial charge is 0.493 e. The van der Waals surface area contributed by atoms with Gasteiger partial charge in [-0.15, -0.1) is 0 Å². The van der Waals surface area contributed by atoms with E-state index < -0.39 is 18.1 Å². The molecule has 0 bridgehead atoms. The molecule has 3 heterocycles. The lowest BCUT2D eigenvalue weighted by molar-refractivity contribution is -0.199. The lowest BCUT2D eigenvalue weighted by atomic mass is 9.78. The number of benzene rings is 1. The van der Waals surface area contributed by atoms with Gasteiger partial charge in [0.1, 0.15) is 5.75 Å². The molecule has 0 saturated carbocycles. The van der Waals surface area contributed by atoms with Gasteiger partial charge >= 0.3 is 12.1 Å². The number of carbonyl (C=O) groups is 2. The molecule has 0 spiro atoms. The molecule has 1 aliphatic heterocycles. The second-order valence-corrected chi connectivity index (χ2v) is 11.4. The number of aromatic nitrogens is 2. The number of nitrogens with zero attached hydrogens (tertiary/aromatic N) is 2. The van der Waals surface area contributed by atoms with Crippen LogP contribution in [-0.4, -0.2) is 39.4 Å². The molecule has 2 N–H and O–H groups in total. The molecule has 4 rings (SSSR count). The number of pyridine rings is 1. The summed E-state index contributed by atoms with van der Waals surface area (Å²) in [5.74, 6) is -2.65. The minimum Gasteiger partial charge on any atom is -0.507 e. The standard InChI is InChI=1S/C28H30F3N3O4/c1-26(2,3)18-11-16(12-19(23(18)35)27(4,5)6)20-13-15(7-9-32-20)22-14-17-21(8-10-33-24(17)36)34(22)38-25(37)28(29,30)31/h7,9,11-14,35H,8,10H2,1-6H3,(H,33,36). The van der Waals surface area contributed by atoms with Crippen molar-refractivity contribution in [1.29, 1.82) is 0 Å². The van der Waals surface area contributed by atoms with Gasteiger partial charge in [-0.3, -0.25) is 9.78 Å². The fraction of sp³-hybridized carbons (Fsp3) is 0.393. The van der Waals surface area contributed by atoms with Gasteiger partial charge in [0.25, 0.3) is 5.91 Å². The summed E-state index contributed by atoms with van der Waals surface area (Å²) in [6.45, 7) is 12.1. The van der Waals surface area contributed by atoms with Crippen molar-refractivity contribution in [2.75, 3.05) is 6.54 Å². The second kappa shape index (κ2) is 9.18. The van der Waals surface area contributed by atoms with Crippen LogP contribution in [0, 0.1) is 0 Å². The van der Waals surface area contributed by atoms with E-state index in [-0.39, 0.29) is 46.5 Å². The third kappa shape index (κ3) is 5.12. The number of phenolic OH excluding ortho intramolecular Hbond substituents is 1. The predicted molar refractivity (Wildman–Crippen MR) is 136 cm³/mol. The molecule has 7 nitrogen and oxygen atoms in total. The van der Waals surface area contributed by atoms with Crippen LogP contribution in [0.1, 0.15) is 68.7 Å². The number of alkyl halides is 3. The van der Waals surface area contributed by atoms with E-state index in [9.17, 15) is 27.9 Å². The van der Waals surface area contributed by atoms with Gasteiger partial charge in [-0.1, -0.05) is 41.5 Å². The van der Waals surface area contributed by atoms with Crippen molar-refractivity contribution in [1.82, 2.24) is 15.0 Å². The molecule has 0 atom stereocenters. The summed E-state index contributed by atoms with van der Waals surface area (Å²) >= 11 is 0. The van der Waals surface area contributed by atoms with Crippen LogP contribution >= 0.6 is 0 Å². The first kappa shape index (κ1) is 27.2. The largest absolute Gasteiger partial charge is 0.507 e. The number of fused-ring (bicyclic) bond motifs is 1. The maximum Gasteiger partial charge on any atom is 0.493 e.